The first-order valence-corrected chi connectivity index (χ1v) is 9.69. The lowest BCUT2D eigenvalue weighted by molar-refractivity contribution is -0.870. The van der Waals surface area contributed by atoms with Gasteiger partial charge >= 0.3 is 20.6 Å². The highest BCUT2D eigenvalue weighted by Crippen LogP contribution is 2.02. The van der Waals surface area contributed by atoms with Crippen LogP contribution < -0.4 is 0 Å². The van der Waals surface area contributed by atoms with Crippen molar-refractivity contribution in [1.82, 2.24) is 0 Å². The van der Waals surface area contributed by atoms with Gasteiger partial charge in [0, 0.05) is 17.6 Å². The van der Waals surface area contributed by atoms with Crippen LogP contribution in [0.4, 0.5) is 0 Å². The first kappa shape index (κ1) is 27.7. The zero-order chi connectivity index (χ0) is 21.3. The summed E-state index contributed by atoms with van der Waals surface area (Å²) in [6.07, 6.45) is 4.07. The summed E-state index contributed by atoms with van der Waals surface area (Å²) in [5.41, 5.74) is 0.909. The van der Waals surface area contributed by atoms with Crippen LogP contribution in [0.25, 0.3) is 0 Å². The summed E-state index contributed by atoms with van der Waals surface area (Å²) in [4.78, 5) is 22.5. The fraction of sp³-hybridized carbons (Fsp3) is 0.684. The molecular weight excluding hydrogens is 369 g/mol. The Morgan fingerprint density at radius 3 is 2.11 bits per heavy atom. The van der Waals surface area contributed by atoms with Crippen molar-refractivity contribution in [3.05, 3.63) is 23.8 Å². The molecule has 0 aliphatic carbocycles. The maximum absolute atomic E-state index is 11.4. The van der Waals surface area contributed by atoms with Gasteiger partial charge in [0.25, 0.3) is 0 Å². The third-order valence-corrected chi connectivity index (χ3v) is 3.40. The monoisotopic (exact) mass is 404 g/mol. The second kappa shape index (κ2) is 16.6. The Kier molecular flexibility index (Phi) is 17.0. The molecule has 0 aliphatic rings. The van der Waals surface area contributed by atoms with Crippen molar-refractivity contribution < 1.29 is 32.6 Å². The standard InChI is InChI=1S/C14H22O4.C5H13NO2P/c1-5-6-9-18-14(16)12(4)8-7-10-17-13(15)11(2)3;1-6(2,3)4-5-8-9-7/h8H,2,5-7,9-10H2,1,3-4H3;4-5H2,1-3H3/q;+1. The zero-order valence-electron chi connectivity index (χ0n) is 17.6. The van der Waals surface area contributed by atoms with Crippen molar-refractivity contribution in [2.75, 3.05) is 47.5 Å². The van der Waals surface area contributed by atoms with E-state index in [1.165, 1.54) is 0 Å². The molecule has 0 aromatic heterocycles. The zero-order valence-corrected chi connectivity index (χ0v) is 18.5. The summed E-state index contributed by atoms with van der Waals surface area (Å²) >= 11 is 0. The number of esters is 2. The summed E-state index contributed by atoms with van der Waals surface area (Å²) in [5, 5.41) is 0. The van der Waals surface area contributed by atoms with E-state index >= 15 is 0 Å². The summed E-state index contributed by atoms with van der Waals surface area (Å²) < 4.78 is 25.1. The molecule has 0 aromatic carbocycles. The molecule has 0 rings (SSSR count). The summed E-state index contributed by atoms with van der Waals surface area (Å²) in [6.45, 7) is 10.9. The summed E-state index contributed by atoms with van der Waals surface area (Å²) in [7, 11) is 5.96. The average Bonchev–Trinajstić information content (AvgIpc) is 2.58. The summed E-state index contributed by atoms with van der Waals surface area (Å²) in [6, 6.07) is 0. The second-order valence-electron chi connectivity index (χ2n) is 7.00. The van der Waals surface area contributed by atoms with Gasteiger partial charge in [0.1, 0.15) is 13.2 Å². The van der Waals surface area contributed by atoms with Gasteiger partial charge in [-0.05, 0) is 20.3 Å². The van der Waals surface area contributed by atoms with E-state index in [1.54, 1.807) is 19.9 Å². The number of hydrogen-bond donors (Lipinski definition) is 0. The van der Waals surface area contributed by atoms with Crippen LogP contribution in [0.5, 0.6) is 0 Å². The molecule has 27 heavy (non-hydrogen) atoms. The maximum atomic E-state index is 11.4. The van der Waals surface area contributed by atoms with Crippen LogP contribution in [0.15, 0.2) is 23.8 Å². The minimum atomic E-state index is -0.411. The Morgan fingerprint density at radius 2 is 1.63 bits per heavy atom. The maximum Gasteiger partial charge on any atom is 0.333 e. The quantitative estimate of drug-likeness (QED) is 0.162. The number of likely N-dealkylation sites (N-methyl/N-ethyl adjacent to an activating group) is 1. The van der Waals surface area contributed by atoms with Crippen LogP contribution in [0, 0.1) is 0 Å². The normalized spacial score (nSPS) is 11.4. The molecule has 7 nitrogen and oxygen atoms in total. The number of carbonyl (C=O) groups is 2. The first-order valence-electron chi connectivity index (χ1n) is 8.96. The van der Waals surface area contributed by atoms with Gasteiger partial charge in [0.05, 0.1) is 34.4 Å². The van der Waals surface area contributed by atoms with E-state index in [0.29, 0.717) is 30.8 Å². The average molecular weight is 404 g/mol. The van der Waals surface area contributed by atoms with Gasteiger partial charge in [-0.1, -0.05) is 26.0 Å². The lowest BCUT2D eigenvalue weighted by atomic mass is 10.2. The van der Waals surface area contributed by atoms with Gasteiger partial charge in [0.15, 0.2) is 0 Å². The van der Waals surface area contributed by atoms with Gasteiger partial charge < -0.3 is 14.0 Å². The number of quaternary nitrogens is 1. The van der Waals surface area contributed by atoms with E-state index in [9.17, 15) is 14.2 Å². The largest absolute Gasteiger partial charge is 0.462 e. The van der Waals surface area contributed by atoms with Crippen molar-refractivity contribution in [3.8, 4) is 0 Å². The number of rotatable bonds is 12. The molecule has 0 spiro atoms. The van der Waals surface area contributed by atoms with Crippen LogP contribution in [0.1, 0.15) is 40.0 Å². The lowest BCUT2D eigenvalue weighted by Gasteiger charge is -2.22. The molecule has 0 amide bonds. The van der Waals surface area contributed by atoms with E-state index in [-0.39, 0.29) is 21.3 Å². The third-order valence-electron chi connectivity index (χ3n) is 3.11. The highest BCUT2D eigenvalue weighted by Gasteiger charge is 2.06. The predicted octanol–water partition coefficient (Wildman–Crippen LogP) is 3.70. The number of hydrogen-bond acceptors (Lipinski definition) is 6. The van der Waals surface area contributed by atoms with Crippen molar-refractivity contribution in [2.24, 2.45) is 0 Å². The van der Waals surface area contributed by atoms with Gasteiger partial charge in [-0.15, -0.1) is 0 Å². The third kappa shape index (κ3) is 20.6. The van der Waals surface area contributed by atoms with E-state index in [2.05, 4.69) is 32.2 Å². The SMILES string of the molecule is C=C(C)C(=O)OCCC=C(C)C(=O)OCCCC.C[N+](C)(C)CCOP=O. The minimum absolute atomic E-state index is 0.217. The highest BCUT2D eigenvalue weighted by atomic mass is 31.1. The topological polar surface area (TPSA) is 78.9 Å². The number of ether oxygens (including phenoxy) is 2. The first-order chi connectivity index (χ1) is 12.5. The van der Waals surface area contributed by atoms with Crippen LogP contribution in [-0.4, -0.2) is 63.9 Å². The molecular formula is C19H35NO6P+. The van der Waals surface area contributed by atoms with E-state index in [4.69, 9.17) is 9.47 Å². The Labute approximate surface area is 165 Å². The Bertz CT molecular complexity index is 497. The van der Waals surface area contributed by atoms with Crippen molar-refractivity contribution in [1.29, 1.82) is 0 Å². The van der Waals surface area contributed by atoms with Crippen molar-refractivity contribution in [2.45, 2.75) is 40.0 Å². The molecule has 0 saturated heterocycles. The van der Waals surface area contributed by atoms with E-state index in [0.717, 1.165) is 23.9 Å². The van der Waals surface area contributed by atoms with E-state index in [1.807, 2.05) is 6.92 Å². The molecule has 0 aliphatic heterocycles. The molecule has 0 N–H and O–H groups in total. The van der Waals surface area contributed by atoms with Gasteiger partial charge in [-0.25, -0.2) is 14.2 Å². The fourth-order valence-corrected chi connectivity index (χ4v) is 1.56. The van der Waals surface area contributed by atoms with Crippen LogP contribution in [0.3, 0.4) is 0 Å². The molecule has 0 aromatic rings. The lowest BCUT2D eigenvalue weighted by Crippen LogP contribution is -2.37. The molecule has 0 bridgehead atoms. The Morgan fingerprint density at radius 1 is 1.04 bits per heavy atom. The second-order valence-corrected chi connectivity index (χ2v) is 7.41. The fourth-order valence-electron chi connectivity index (χ4n) is 1.41. The molecule has 0 atom stereocenters. The number of carbonyl (C=O) groups excluding carboxylic acids is 2. The predicted molar refractivity (Wildman–Crippen MR) is 106 cm³/mol. The van der Waals surface area contributed by atoms with E-state index < -0.39 is 5.97 Å². The number of unbranched alkanes of at least 4 members (excludes halogenated alkanes) is 1. The smallest absolute Gasteiger partial charge is 0.333 e. The highest BCUT2D eigenvalue weighted by molar-refractivity contribution is 7.17. The summed E-state index contributed by atoms with van der Waals surface area (Å²) in [5.74, 6) is -0.721. The van der Waals surface area contributed by atoms with Gasteiger partial charge in [0.2, 0.25) is 0 Å². The molecule has 0 radical (unpaired) electrons. The molecule has 0 saturated carbocycles. The Balaban J connectivity index is 0. The molecule has 0 unspecified atom stereocenters. The van der Waals surface area contributed by atoms with Crippen molar-refractivity contribution >= 4 is 20.6 Å². The number of nitrogens with zero attached hydrogens (tertiary/aromatic N) is 1. The van der Waals surface area contributed by atoms with Crippen molar-refractivity contribution in [3.63, 3.8) is 0 Å². The van der Waals surface area contributed by atoms with Gasteiger partial charge in [-0.2, -0.15) is 0 Å². The minimum Gasteiger partial charge on any atom is -0.462 e. The molecule has 0 heterocycles. The Hall–Kier alpha value is -1.56. The van der Waals surface area contributed by atoms with Crippen LogP contribution >= 0.6 is 8.69 Å². The van der Waals surface area contributed by atoms with Gasteiger partial charge in [-0.3, -0.25) is 4.52 Å². The molecule has 0 fully saturated rings. The van der Waals surface area contributed by atoms with Crippen LogP contribution in [-0.2, 0) is 28.2 Å². The van der Waals surface area contributed by atoms with Crippen LogP contribution in [0.2, 0.25) is 0 Å². The molecule has 8 heteroatoms. The molecule has 156 valence electrons.